The van der Waals surface area contributed by atoms with Crippen LogP contribution in [0.15, 0.2) is 41.8 Å². The first-order valence-electron chi connectivity index (χ1n) is 8.08. The van der Waals surface area contributed by atoms with E-state index in [1.54, 1.807) is 42.5 Å². The molecule has 0 unspecified atom stereocenters. The van der Waals surface area contributed by atoms with Crippen LogP contribution in [0.2, 0.25) is 5.02 Å². The summed E-state index contributed by atoms with van der Waals surface area (Å²) in [6.07, 6.45) is -0.961. The zero-order valence-corrected chi connectivity index (χ0v) is 15.7. The molecule has 2 heterocycles. The molecule has 0 spiro atoms. The van der Waals surface area contributed by atoms with E-state index in [-0.39, 0.29) is 13.2 Å². The van der Waals surface area contributed by atoms with Gasteiger partial charge in [-0.15, -0.1) is 11.3 Å². The molecule has 3 rings (SSSR count). The van der Waals surface area contributed by atoms with E-state index in [0.717, 1.165) is 9.78 Å². The molecule has 1 aromatic heterocycles. The lowest BCUT2D eigenvalue weighted by molar-refractivity contribution is -0.132. The summed E-state index contributed by atoms with van der Waals surface area (Å²) in [5, 5.41) is 15.3. The Hall–Kier alpha value is -1.93. The highest BCUT2D eigenvalue weighted by Gasteiger charge is 2.49. The predicted octanol–water partition coefficient (Wildman–Crippen LogP) is 2.75. The fourth-order valence-corrected chi connectivity index (χ4v) is 3.56. The smallest absolute Gasteiger partial charge is 0.325 e. The lowest BCUT2D eigenvalue weighted by Gasteiger charge is -2.23. The first kappa shape index (κ1) is 18.8. The molecular formula is C18H19ClN2O4S. The normalized spacial score (nSPS) is 21.1. The lowest BCUT2D eigenvalue weighted by atomic mass is 9.92. The van der Waals surface area contributed by atoms with Crippen molar-refractivity contribution in [2.75, 3.05) is 13.2 Å². The number of amides is 3. The van der Waals surface area contributed by atoms with Crippen molar-refractivity contribution < 1.29 is 19.4 Å². The van der Waals surface area contributed by atoms with Crippen molar-refractivity contribution in [3.8, 4) is 0 Å². The number of aliphatic hydroxyl groups excluding tert-OH is 1. The summed E-state index contributed by atoms with van der Waals surface area (Å²) in [6.45, 7) is 1.93. The van der Waals surface area contributed by atoms with Crippen LogP contribution in [-0.4, -0.2) is 41.2 Å². The topological polar surface area (TPSA) is 78.9 Å². The third-order valence-electron chi connectivity index (χ3n) is 4.22. The van der Waals surface area contributed by atoms with Crippen LogP contribution in [0, 0.1) is 0 Å². The molecule has 1 fully saturated rings. The standard InChI is InChI=1S/C18H19ClN2O4S/c1-18(12-4-6-13(19)7-5-12)16(23)21(17(24)20-18)9-14(22)10-25-11-15-3-2-8-26-15/h2-8,14,22H,9-11H2,1H3,(H,20,24)/t14-,18+/m0/s1. The van der Waals surface area contributed by atoms with Gasteiger partial charge < -0.3 is 15.2 Å². The second kappa shape index (κ2) is 7.75. The van der Waals surface area contributed by atoms with Crippen molar-refractivity contribution in [3.63, 3.8) is 0 Å². The molecule has 2 N–H and O–H groups in total. The summed E-state index contributed by atoms with van der Waals surface area (Å²) in [7, 11) is 0. The number of β-amino-alcohol motifs (C(OH)–C–C–N with tert-alkyl or cyclic N) is 1. The van der Waals surface area contributed by atoms with Crippen molar-refractivity contribution in [2.45, 2.75) is 25.2 Å². The Bertz CT molecular complexity index is 781. The van der Waals surface area contributed by atoms with Gasteiger partial charge in [0.1, 0.15) is 5.54 Å². The van der Waals surface area contributed by atoms with Crippen molar-refractivity contribution >= 4 is 34.9 Å². The van der Waals surface area contributed by atoms with Crippen LogP contribution in [0.1, 0.15) is 17.4 Å². The monoisotopic (exact) mass is 394 g/mol. The van der Waals surface area contributed by atoms with E-state index in [1.165, 1.54) is 0 Å². The Balaban J connectivity index is 1.60. The van der Waals surface area contributed by atoms with E-state index >= 15 is 0 Å². The van der Waals surface area contributed by atoms with E-state index in [4.69, 9.17) is 16.3 Å². The Morgan fingerprint density at radius 1 is 1.31 bits per heavy atom. The second-order valence-electron chi connectivity index (χ2n) is 6.23. The molecule has 0 bridgehead atoms. The van der Waals surface area contributed by atoms with E-state index in [1.807, 2.05) is 17.5 Å². The molecule has 1 aromatic carbocycles. The van der Waals surface area contributed by atoms with Crippen LogP contribution in [0.4, 0.5) is 4.79 Å². The Morgan fingerprint density at radius 3 is 2.69 bits per heavy atom. The SMILES string of the molecule is C[C@]1(c2ccc(Cl)cc2)NC(=O)N(C[C@H](O)COCc2cccs2)C1=O. The van der Waals surface area contributed by atoms with Crippen LogP contribution in [-0.2, 0) is 21.7 Å². The number of thiophene rings is 1. The molecule has 8 heteroatoms. The molecule has 0 saturated carbocycles. The number of imide groups is 1. The molecule has 2 aromatic rings. The average molecular weight is 395 g/mol. The van der Waals surface area contributed by atoms with Gasteiger partial charge in [0.25, 0.3) is 5.91 Å². The number of nitrogens with zero attached hydrogens (tertiary/aromatic N) is 1. The molecular weight excluding hydrogens is 376 g/mol. The second-order valence-corrected chi connectivity index (χ2v) is 7.69. The Labute approximate surface area is 160 Å². The van der Waals surface area contributed by atoms with Crippen LogP contribution in [0.25, 0.3) is 0 Å². The predicted molar refractivity (Wildman–Crippen MR) is 99.0 cm³/mol. The number of nitrogens with one attached hydrogen (secondary N) is 1. The minimum Gasteiger partial charge on any atom is -0.389 e. The summed E-state index contributed by atoms with van der Waals surface area (Å²) in [5.41, 5.74) is -0.551. The highest BCUT2D eigenvalue weighted by molar-refractivity contribution is 7.09. The van der Waals surface area contributed by atoms with E-state index < -0.39 is 23.6 Å². The first-order valence-corrected chi connectivity index (χ1v) is 9.34. The van der Waals surface area contributed by atoms with Crippen molar-refractivity contribution in [1.82, 2.24) is 10.2 Å². The van der Waals surface area contributed by atoms with Gasteiger partial charge in [-0.2, -0.15) is 0 Å². The molecule has 0 radical (unpaired) electrons. The third kappa shape index (κ3) is 3.91. The van der Waals surface area contributed by atoms with Gasteiger partial charge in [-0.05, 0) is 36.1 Å². The molecule has 1 aliphatic heterocycles. The highest BCUT2D eigenvalue weighted by Crippen LogP contribution is 2.29. The summed E-state index contributed by atoms with van der Waals surface area (Å²) in [5.74, 6) is -0.415. The van der Waals surface area contributed by atoms with E-state index in [0.29, 0.717) is 17.2 Å². The number of hydrogen-bond donors (Lipinski definition) is 2. The van der Waals surface area contributed by atoms with Crippen LogP contribution >= 0.6 is 22.9 Å². The quantitative estimate of drug-likeness (QED) is 0.708. The van der Waals surface area contributed by atoms with Gasteiger partial charge in [-0.25, -0.2) is 4.79 Å². The molecule has 2 atom stereocenters. The maximum absolute atomic E-state index is 12.8. The summed E-state index contributed by atoms with van der Waals surface area (Å²) in [6, 6.07) is 10.0. The lowest BCUT2D eigenvalue weighted by Crippen LogP contribution is -2.42. The van der Waals surface area contributed by atoms with Gasteiger partial charge in [-0.3, -0.25) is 9.69 Å². The number of benzene rings is 1. The number of carbonyl (C=O) groups excluding carboxylic acids is 2. The third-order valence-corrected chi connectivity index (χ3v) is 5.33. The summed E-state index contributed by atoms with van der Waals surface area (Å²) in [4.78, 5) is 27.1. The minimum absolute atomic E-state index is 0.0343. The first-order chi connectivity index (χ1) is 12.4. The molecule has 26 heavy (non-hydrogen) atoms. The van der Waals surface area contributed by atoms with Crippen molar-refractivity contribution in [1.29, 1.82) is 0 Å². The van der Waals surface area contributed by atoms with Gasteiger partial charge >= 0.3 is 6.03 Å². The van der Waals surface area contributed by atoms with Gasteiger partial charge in [0.05, 0.1) is 25.9 Å². The molecule has 1 aliphatic rings. The largest absolute Gasteiger partial charge is 0.389 e. The van der Waals surface area contributed by atoms with E-state index in [2.05, 4.69) is 5.32 Å². The zero-order valence-electron chi connectivity index (χ0n) is 14.1. The number of aliphatic hydroxyl groups is 1. The van der Waals surface area contributed by atoms with Crippen LogP contribution < -0.4 is 5.32 Å². The number of urea groups is 1. The van der Waals surface area contributed by atoms with Gasteiger partial charge in [0.2, 0.25) is 0 Å². The van der Waals surface area contributed by atoms with Gasteiger partial charge in [0.15, 0.2) is 0 Å². The fourth-order valence-electron chi connectivity index (χ4n) is 2.80. The number of carbonyl (C=O) groups is 2. The molecule has 3 amide bonds. The highest BCUT2D eigenvalue weighted by atomic mass is 35.5. The maximum Gasteiger partial charge on any atom is 0.325 e. The Morgan fingerprint density at radius 2 is 2.04 bits per heavy atom. The van der Waals surface area contributed by atoms with Crippen LogP contribution in [0.3, 0.4) is 0 Å². The summed E-state index contributed by atoms with van der Waals surface area (Å²) >= 11 is 7.44. The number of halogens is 1. The zero-order chi connectivity index (χ0) is 18.7. The number of rotatable bonds is 7. The number of ether oxygens (including phenoxy) is 1. The average Bonchev–Trinajstić information content (AvgIpc) is 3.19. The minimum atomic E-state index is -1.18. The fraction of sp³-hybridized carbons (Fsp3) is 0.333. The molecule has 6 nitrogen and oxygen atoms in total. The number of hydrogen-bond acceptors (Lipinski definition) is 5. The maximum atomic E-state index is 12.8. The molecule has 1 saturated heterocycles. The van der Waals surface area contributed by atoms with E-state index in [9.17, 15) is 14.7 Å². The van der Waals surface area contributed by atoms with Crippen LogP contribution in [0.5, 0.6) is 0 Å². The van der Waals surface area contributed by atoms with Gasteiger partial charge in [-0.1, -0.05) is 29.8 Å². The van der Waals surface area contributed by atoms with Crippen molar-refractivity contribution in [3.05, 3.63) is 57.2 Å². The van der Waals surface area contributed by atoms with Gasteiger partial charge in [0, 0.05) is 9.90 Å². The van der Waals surface area contributed by atoms with Crippen molar-refractivity contribution in [2.24, 2.45) is 0 Å². The Kier molecular flexibility index (Phi) is 5.62. The molecule has 138 valence electrons. The summed E-state index contributed by atoms with van der Waals surface area (Å²) < 4.78 is 5.45. The molecule has 0 aliphatic carbocycles.